The summed E-state index contributed by atoms with van der Waals surface area (Å²) in [5, 5.41) is 9.12. The van der Waals surface area contributed by atoms with E-state index in [2.05, 4.69) is 4.90 Å². The van der Waals surface area contributed by atoms with Gasteiger partial charge < -0.3 is 10.8 Å². The second-order valence-corrected chi connectivity index (χ2v) is 4.84. The SMILES string of the molecule is CN(Cc1ccc(O)c(F)c1)C(CN)C1CC1. The lowest BCUT2D eigenvalue weighted by Gasteiger charge is -2.27. The topological polar surface area (TPSA) is 49.5 Å². The van der Waals surface area contributed by atoms with Crippen LogP contribution in [0.3, 0.4) is 0 Å². The molecule has 0 aliphatic heterocycles. The van der Waals surface area contributed by atoms with Crippen molar-refractivity contribution in [2.24, 2.45) is 11.7 Å². The van der Waals surface area contributed by atoms with Crippen LogP contribution in [0.15, 0.2) is 18.2 Å². The van der Waals surface area contributed by atoms with Gasteiger partial charge in [0.25, 0.3) is 0 Å². The molecule has 1 fully saturated rings. The van der Waals surface area contributed by atoms with E-state index >= 15 is 0 Å². The molecular weight excluding hydrogens is 219 g/mol. The van der Waals surface area contributed by atoms with Gasteiger partial charge in [-0.25, -0.2) is 4.39 Å². The number of rotatable bonds is 5. The first kappa shape index (κ1) is 12.3. The number of benzene rings is 1. The summed E-state index contributed by atoms with van der Waals surface area (Å²) < 4.78 is 13.2. The van der Waals surface area contributed by atoms with Gasteiger partial charge in [0.15, 0.2) is 11.6 Å². The fraction of sp³-hybridized carbons (Fsp3) is 0.538. The monoisotopic (exact) mass is 238 g/mol. The fourth-order valence-corrected chi connectivity index (χ4v) is 2.27. The lowest BCUT2D eigenvalue weighted by atomic mass is 10.1. The molecule has 1 aromatic carbocycles. The Bertz CT molecular complexity index is 393. The first-order valence-electron chi connectivity index (χ1n) is 5.99. The molecule has 1 saturated carbocycles. The van der Waals surface area contributed by atoms with Crippen LogP contribution in [0, 0.1) is 11.7 Å². The molecule has 0 saturated heterocycles. The van der Waals surface area contributed by atoms with Crippen molar-refractivity contribution in [1.29, 1.82) is 0 Å². The Balaban J connectivity index is 2.01. The summed E-state index contributed by atoms with van der Waals surface area (Å²) >= 11 is 0. The number of halogens is 1. The van der Waals surface area contributed by atoms with E-state index in [1.807, 2.05) is 7.05 Å². The van der Waals surface area contributed by atoms with Gasteiger partial charge in [-0.15, -0.1) is 0 Å². The van der Waals surface area contributed by atoms with Crippen molar-refractivity contribution in [3.63, 3.8) is 0 Å². The van der Waals surface area contributed by atoms with E-state index in [1.54, 1.807) is 6.07 Å². The number of hydrogen-bond donors (Lipinski definition) is 2. The third kappa shape index (κ3) is 2.96. The molecule has 1 atom stereocenters. The molecule has 0 amide bonds. The molecule has 0 bridgehead atoms. The third-order valence-corrected chi connectivity index (χ3v) is 3.42. The number of hydrogen-bond acceptors (Lipinski definition) is 3. The summed E-state index contributed by atoms with van der Waals surface area (Å²) in [7, 11) is 2.01. The molecule has 1 aromatic rings. The lowest BCUT2D eigenvalue weighted by Crippen LogP contribution is -2.39. The predicted molar refractivity (Wildman–Crippen MR) is 65.1 cm³/mol. The zero-order valence-corrected chi connectivity index (χ0v) is 10.1. The third-order valence-electron chi connectivity index (χ3n) is 3.42. The Hall–Kier alpha value is -1.13. The predicted octanol–water partition coefficient (Wildman–Crippen LogP) is 1.70. The number of aromatic hydroxyl groups is 1. The van der Waals surface area contributed by atoms with E-state index in [0.717, 1.165) is 5.56 Å². The Kier molecular flexibility index (Phi) is 3.64. The molecule has 1 unspecified atom stereocenters. The number of nitrogens with zero attached hydrogens (tertiary/aromatic N) is 1. The zero-order valence-electron chi connectivity index (χ0n) is 10.1. The highest BCUT2D eigenvalue weighted by Crippen LogP contribution is 2.35. The molecule has 94 valence electrons. The molecule has 4 heteroatoms. The Morgan fingerprint density at radius 1 is 1.53 bits per heavy atom. The summed E-state index contributed by atoms with van der Waals surface area (Å²) in [5.74, 6) is -0.160. The van der Waals surface area contributed by atoms with Crippen LogP contribution in [0.2, 0.25) is 0 Å². The van der Waals surface area contributed by atoms with Crippen LogP contribution in [-0.2, 0) is 6.54 Å². The van der Waals surface area contributed by atoms with Crippen LogP contribution in [0.1, 0.15) is 18.4 Å². The summed E-state index contributed by atoms with van der Waals surface area (Å²) in [4.78, 5) is 2.17. The summed E-state index contributed by atoms with van der Waals surface area (Å²) in [6.45, 7) is 1.30. The van der Waals surface area contributed by atoms with Crippen molar-refractivity contribution in [3.8, 4) is 5.75 Å². The van der Waals surface area contributed by atoms with Crippen LogP contribution < -0.4 is 5.73 Å². The van der Waals surface area contributed by atoms with Gasteiger partial charge in [-0.2, -0.15) is 0 Å². The number of nitrogens with two attached hydrogens (primary N) is 1. The number of phenols is 1. The highest BCUT2D eigenvalue weighted by atomic mass is 19.1. The quantitative estimate of drug-likeness (QED) is 0.821. The Morgan fingerprint density at radius 2 is 2.24 bits per heavy atom. The van der Waals surface area contributed by atoms with Crippen LogP contribution >= 0.6 is 0 Å². The molecule has 0 spiro atoms. The number of phenolic OH excluding ortho intramolecular Hbond substituents is 1. The smallest absolute Gasteiger partial charge is 0.165 e. The van der Waals surface area contributed by atoms with Crippen molar-refractivity contribution in [2.45, 2.75) is 25.4 Å². The van der Waals surface area contributed by atoms with E-state index in [1.165, 1.54) is 25.0 Å². The van der Waals surface area contributed by atoms with Gasteiger partial charge in [-0.05, 0) is 43.5 Å². The van der Waals surface area contributed by atoms with Gasteiger partial charge in [0.1, 0.15) is 0 Å². The minimum absolute atomic E-state index is 0.297. The van der Waals surface area contributed by atoms with Crippen LogP contribution in [0.5, 0.6) is 5.75 Å². The normalized spacial score (nSPS) is 17.4. The van der Waals surface area contributed by atoms with Crippen LogP contribution in [0.4, 0.5) is 4.39 Å². The average molecular weight is 238 g/mol. The maximum absolute atomic E-state index is 13.2. The molecule has 0 heterocycles. The summed E-state index contributed by atoms with van der Waals surface area (Å²) in [6, 6.07) is 4.90. The lowest BCUT2D eigenvalue weighted by molar-refractivity contribution is 0.215. The Morgan fingerprint density at radius 3 is 2.76 bits per heavy atom. The van der Waals surface area contributed by atoms with Crippen molar-refractivity contribution < 1.29 is 9.50 Å². The van der Waals surface area contributed by atoms with Gasteiger partial charge in [0.2, 0.25) is 0 Å². The highest BCUT2D eigenvalue weighted by molar-refractivity contribution is 5.28. The molecular formula is C13H19FN2O. The fourth-order valence-electron chi connectivity index (χ4n) is 2.27. The standard InChI is InChI=1S/C13H19FN2O/c1-16(12(7-15)10-3-4-10)8-9-2-5-13(17)11(14)6-9/h2,5-6,10,12,17H,3-4,7-8,15H2,1H3. The summed E-state index contributed by atoms with van der Waals surface area (Å²) in [6.07, 6.45) is 2.49. The molecule has 3 nitrogen and oxygen atoms in total. The summed E-state index contributed by atoms with van der Waals surface area (Å²) in [5.41, 5.74) is 6.63. The van der Waals surface area contributed by atoms with Crippen molar-refractivity contribution >= 4 is 0 Å². The van der Waals surface area contributed by atoms with E-state index < -0.39 is 5.82 Å². The van der Waals surface area contributed by atoms with E-state index in [0.29, 0.717) is 25.0 Å². The number of likely N-dealkylation sites (N-methyl/N-ethyl adjacent to an activating group) is 1. The first-order chi connectivity index (χ1) is 8.11. The van der Waals surface area contributed by atoms with Crippen LogP contribution in [-0.4, -0.2) is 29.6 Å². The highest BCUT2D eigenvalue weighted by Gasteiger charge is 2.32. The first-order valence-corrected chi connectivity index (χ1v) is 5.99. The molecule has 0 radical (unpaired) electrons. The average Bonchev–Trinajstić information content (AvgIpc) is 3.09. The Labute approximate surface area is 101 Å². The van der Waals surface area contributed by atoms with Crippen LogP contribution in [0.25, 0.3) is 0 Å². The van der Waals surface area contributed by atoms with Gasteiger partial charge in [0.05, 0.1) is 0 Å². The van der Waals surface area contributed by atoms with Crippen molar-refractivity contribution in [1.82, 2.24) is 4.90 Å². The van der Waals surface area contributed by atoms with Crippen molar-refractivity contribution in [3.05, 3.63) is 29.6 Å². The zero-order chi connectivity index (χ0) is 12.4. The van der Waals surface area contributed by atoms with Gasteiger partial charge in [0, 0.05) is 19.1 Å². The largest absolute Gasteiger partial charge is 0.505 e. The van der Waals surface area contributed by atoms with Gasteiger partial charge in [-0.3, -0.25) is 4.90 Å². The second kappa shape index (κ2) is 5.02. The minimum Gasteiger partial charge on any atom is -0.505 e. The molecule has 3 N–H and O–H groups in total. The van der Waals surface area contributed by atoms with E-state index in [4.69, 9.17) is 10.8 Å². The molecule has 1 aliphatic rings. The molecule has 1 aliphatic carbocycles. The second-order valence-electron chi connectivity index (χ2n) is 4.84. The van der Waals surface area contributed by atoms with Gasteiger partial charge >= 0.3 is 0 Å². The molecule has 0 aromatic heterocycles. The maximum atomic E-state index is 13.2. The molecule has 17 heavy (non-hydrogen) atoms. The van der Waals surface area contributed by atoms with Crippen molar-refractivity contribution in [2.75, 3.05) is 13.6 Å². The maximum Gasteiger partial charge on any atom is 0.165 e. The molecule has 2 rings (SSSR count). The van der Waals surface area contributed by atoms with E-state index in [-0.39, 0.29) is 5.75 Å². The van der Waals surface area contributed by atoms with E-state index in [9.17, 15) is 4.39 Å². The van der Waals surface area contributed by atoms with Gasteiger partial charge in [-0.1, -0.05) is 6.07 Å². The minimum atomic E-state index is -0.563.